The van der Waals surface area contributed by atoms with Crippen LogP contribution in [0.1, 0.15) is 47.1 Å². The Morgan fingerprint density at radius 3 is 2.56 bits per heavy atom. The molecule has 0 aliphatic carbocycles. The molecule has 5 nitrogen and oxygen atoms in total. The van der Waals surface area contributed by atoms with Crippen LogP contribution in [0.25, 0.3) is 0 Å². The lowest BCUT2D eigenvalue weighted by molar-refractivity contribution is 0.0941. The zero-order valence-electron chi connectivity index (χ0n) is 21.0. The molecule has 188 valence electrons. The molecule has 1 N–H and O–H groups in total. The molecule has 0 saturated carbocycles. The van der Waals surface area contributed by atoms with Crippen molar-refractivity contribution in [3.8, 4) is 0 Å². The second kappa shape index (κ2) is 12.0. The predicted molar refractivity (Wildman–Crippen MR) is 148 cm³/mol. The van der Waals surface area contributed by atoms with E-state index in [1.54, 1.807) is 16.7 Å². The lowest BCUT2D eigenvalue weighted by Crippen LogP contribution is -2.35. The molecule has 7 heteroatoms. The Kier molecular flexibility index (Phi) is 8.72. The molecule has 0 aromatic heterocycles. The minimum Gasteiger partial charge on any atom is -0.352 e. The van der Waals surface area contributed by atoms with E-state index in [9.17, 15) is 9.59 Å². The summed E-state index contributed by atoms with van der Waals surface area (Å²) in [5.74, 6) is 0.106. The van der Waals surface area contributed by atoms with Gasteiger partial charge in [0.05, 0.1) is 17.8 Å². The monoisotopic (exact) mass is 521 g/mol. The van der Waals surface area contributed by atoms with E-state index in [1.807, 2.05) is 66.7 Å². The van der Waals surface area contributed by atoms with E-state index in [0.717, 1.165) is 40.7 Å². The third-order valence-corrected chi connectivity index (χ3v) is 7.78. The summed E-state index contributed by atoms with van der Waals surface area (Å²) in [5.41, 5.74) is 2.84. The minimum absolute atomic E-state index is 0.0952. The number of anilines is 1. The van der Waals surface area contributed by atoms with Crippen molar-refractivity contribution in [2.24, 2.45) is 5.92 Å². The normalized spacial score (nSPS) is 13.7. The van der Waals surface area contributed by atoms with Crippen molar-refractivity contribution in [2.75, 3.05) is 31.1 Å². The van der Waals surface area contributed by atoms with Gasteiger partial charge in [0, 0.05) is 33.5 Å². The Hall–Kier alpha value is -2.80. The summed E-state index contributed by atoms with van der Waals surface area (Å²) in [7, 11) is 0. The fourth-order valence-corrected chi connectivity index (χ4v) is 5.66. The molecule has 0 spiro atoms. The maximum atomic E-state index is 13.7. The summed E-state index contributed by atoms with van der Waals surface area (Å²) in [6, 6.07) is 20.8. The van der Waals surface area contributed by atoms with Crippen LogP contribution in [0.5, 0.6) is 0 Å². The van der Waals surface area contributed by atoms with E-state index in [2.05, 4.69) is 31.0 Å². The minimum atomic E-state index is -0.133. The van der Waals surface area contributed by atoms with Gasteiger partial charge in [-0.25, -0.2) is 0 Å². The average molecular weight is 522 g/mol. The van der Waals surface area contributed by atoms with E-state index < -0.39 is 0 Å². The van der Waals surface area contributed by atoms with Crippen molar-refractivity contribution in [1.29, 1.82) is 0 Å². The van der Waals surface area contributed by atoms with Crippen molar-refractivity contribution in [3.05, 3.63) is 88.4 Å². The van der Waals surface area contributed by atoms with Crippen LogP contribution in [-0.2, 0) is 6.54 Å². The van der Waals surface area contributed by atoms with Crippen molar-refractivity contribution in [3.63, 3.8) is 0 Å². The number of hydrogen-bond donors (Lipinski definition) is 1. The largest absolute Gasteiger partial charge is 0.352 e. The van der Waals surface area contributed by atoms with Gasteiger partial charge in [0.15, 0.2) is 0 Å². The summed E-state index contributed by atoms with van der Waals surface area (Å²) >= 11 is 7.78. The average Bonchev–Trinajstić information content (AvgIpc) is 3.00. The Labute approximate surface area is 222 Å². The van der Waals surface area contributed by atoms with Gasteiger partial charge in [-0.05, 0) is 67.0 Å². The number of carbonyl (C=O) groups excluding carboxylic acids is 2. The second-order valence-corrected chi connectivity index (χ2v) is 10.6. The summed E-state index contributed by atoms with van der Waals surface area (Å²) in [4.78, 5) is 32.8. The summed E-state index contributed by atoms with van der Waals surface area (Å²) in [5, 5.41) is 3.70. The van der Waals surface area contributed by atoms with Crippen LogP contribution in [0.3, 0.4) is 0 Å². The molecule has 36 heavy (non-hydrogen) atoms. The molecule has 3 aromatic rings. The number of halogens is 1. The van der Waals surface area contributed by atoms with E-state index in [1.165, 1.54) is 0 Å². The van der Waals surface area contributed by atoms with Crippen LogP contribution in [0.4, 0.5) is 5.69 Å². The number of rotatable bonds is 9. The maximum absolute atomic E-state index is 13.7. The van der Waals surface area contributed by atoms with E-state index in [0.29, 0.717) is 35.2 Å². The van der Waals surface area contributed by atoms with Gasteiger partial charge >= 0.3 is 0 Å². The molecule has 0 radical (unpaired) electrons. The Morgan fingerprint density at radius 1 is 1.03 bits per heavy atom. The molecule has 1 atom stereocenters. The quantitative estimate of drug-likeness (QED) is 0.356. The van der Waals surface area contributed by atoms with Gasteiger partial charge in [0.1, 0.15) is 0 Å². The summed E-state index contributed by atoms with van der Waals surface area (Å²) < 4.78 is 0. The topological polar surface area (TPSA) is 52.7 Å². The van der Waals surface area contributed by atoms with E-state index in [-0.39, 0.29) is 11.8 Å². The predicted octanol–water partition coefficient (Wildman–Crippen LogP) is 6.36. The first-order valence-corrected chi connectivity index (χ1v) is 13.6. The lowest BCUT2D eigenvalue weighted by Gasteiger charge is -2.24. The van der Waals surface area contributed by atoms with Gasteiger partial charge in [-0.1, -0.05) is 68.4 Å². The molecule has 3 aromatic carbocycles. The van der Waals surface area contributed by atoms with Crippen LogP contribution in [0.15, 0.2) is 76.5 Å². The fourth-order valence-electron chi connectivity index (χ4n) is 4.39. The number of benzene rings is 3. The molecule has 4 rings (SSSR count). The molecule has 1 aliphatic rings. The number of carbonyl (C=O) groups is 2. The smallest absolute Gasteiger partial charge is 0.259 e. The van der Waals surface area contributed by atoms with Crippen molar-refractivity contribution >= 4 is 40.9 Å². The highest BCUT2D eigenvalue weighted by Crippen LogP contribution is 2.42. The first-order chi connectivity index (χ1) is 17.4. The number of fused-ring (bicyclic) bond motifs is 2. The molecule has 0 unspecified atom stereocenters. The highest BCUT2D eigenvalue weighted by Gasteiger charge is 2.28. The van der Waals surface area contributed by atoms with Crippen LogP contribution in [0, 0.1) is 5.92 Å². The SMILES string of the molecule is CCN(CC)C[C@H](C)CNC(=O)c1ccc2c(c1)N(Cc1cccc(Cl)c1)C(=O)c1ccccc1S2. The Balaban J connectivity index is 1.62. The van der Waals surface area contributed by atoms with Crippen LogP contribution < -0.4 is 10.2 Å². The molecule has 1 heterocycles. The third kappa shape index (κ3) is 6.12. The second-order valence-electron chi connectivity index (χ2n) is 9.10. The van der Waals surface area contributed by atoms with E-state index in [4.69, 9.17) is 11.6 Å². The third-order valence-electron chi connectivity index (χ3n) is 6.40. The lowest BCUT2D eigenvalue weighted by atomic mass is 10.1. The summed E-state index contributed by atoms with van der Waals surface area (Å²) in [6.07, 6.45) is 0. The Morgan fingerprint density at radius 2 is 1.81 bits per heavy atom. The van der Waals surface area contributed by atoms with E-state index >= 15 is 0 Å². The highest BCUT2D eigenvalue weighted by atomic mass is 35.5. The van der Waals surface area contributed by atoms with Crippen LogP contribution >= 0.6 is 23.4 Å². The van der Waals surface area contributed by atoms with Gasteiger partial charge in [-0.3, -0.25) is 9.59 Å². The first kappa shape index (κ1) is 26.3. The molecule has 0 bridgehead atoms. The molecule has 2 amide bonds. The number of nitrogens with zero attached hydrogens (tertiary/aromatic N) is 2. The van der Waals surface area contributed by atoms with Crippen molar-refractivity contribution in [1.82, 2.24) is 10.2 Å². The highest BCUT2D eigenvalue weighted by molar-refractivity contribution is 7.99. The molecular formula is C29H32ClN3O2S. The summed E-state index contributed by atoms with van der Waals surface area (Å²) in [6.45, 7) is 10.3. The zero-order chi connectivity index (χ0) is 25.7. The van der Waals surface area contributed by atoms with Gasteiger partial charge in [0.2, 0.25) is 0 Å². The molecule has 1 aliphatic heterocycles. The molecular weight excluding hydrogens is 490 g/mol. The Bertz CT molecular complexity index is 1240. The van der Waals surface area contributed by atoms with Gasteiger partial charge < -0.3 is 15.1 Å². The standard InChI is InChI=1S/C29H32ClN3O2S/c1-4-32(5-2)18-20(3)17-31-28(34)22-13-14-27-25(16-22)33(19-21-9-8-10-23(30)15-21)29(35)24-11-6-7-12-26(24)36-27/h6-16,20H,4-5,17-19H2,1-3H3,(H,31,34)/t20-/m1/s1. The first-order valence-electron chi connectivity index (χ1n) is 12.4. The van der Waals surface area contributed by atoms with Crippen LogP contribution in [0.2, 0.25) is 5.02 Å². The van der Waals surface area contributed by atoms with Gasteiger partial charge in [-0.15, -0.1) is 0 Å². The van der Waals surface area contributed by atoms with Crippen molar-refractivity contribution in [2.45, 2.75) is 37.1 Å². The van der Waals surface area contributed by atoms with Gasteiger partial charge in [0.25, 0.3) is 11.8 Å². The van der Waals surface area contributed by atoms with Gasteiger partial charge in [-0.2, -0.15) is 0 Å². The number of amides is 2. The maximum Gasteiger partial charge on any atom is 0.259 e. The van der Waals surface area contributed by atoms with Crippen molar-refractivity contribution < 1.29 is 9.59 Å². The van der Waals surface area contributed by atoms with Crippen LogP contribution in [-0.4, -0.2) is 42.9 Å². The number of nitrogens with one attached hydrogen (secondary N) is 1. The number of hydrogen-bond acceptors (Lipinski definition) is 4. The zero-order valence-corrected chi connectivity index (χ0v) is 22.5. The fraction of sp³-hybridized carbons (Fsp3) is 0.310. The molecule has 0 fully saturated rings. The molecule has 0 saturated heterocycles.